The third kappa shape index (κ3) is 2.60. The molecule has 18 heavy (non-hydrogen) atoms. The van der Waals surface area contributed by atoms with Crippen LogP contribution in [0.25, 0.3) is 0 Å². The molecule has 0 bridgehead atoms. The summed E-state index contributed by atoms with van der Waals surface area (Å²) in [4.78, 5) is 2.78. The van der Waals surface area contributed by atoms with Crippen LogP contribution in [0.15, 0.2) is 0 Å². The molecule has 2 heteroatoms. The maximum absolute atomic E-state index is 6.25. The first-order valence-corrected chi connectivity index (χ1v) is 8.07. The number of nitrogens with two attached hydrogens (primary N) is 1. The lowest BCUT2D eigenvalue weighted by Crippen LogP contribution is -2.62. The van der Waals surface area contributed by atoms with Crippen LogP contribution >= 0.6 is 0 Å². The van der Waals surface area contributed by atoms with Crippen molar-refractivity contribution in [2.75, 3.05) is 19.6 Å². The van der Waals surface area contributed by atoms with Crippen LogP contribution in [0.3, 0.4) is 0 Å². The van der Waals surface area contributed by atoms with E-state index in [2.05, 4.69) is 25.7 Å². The molecule has 1 saturated heterocycles. The second-order valence-corrected chi connectivity index (χ2v) is 6.95. The van der Waals surface area contributed by atoms with Crippen LogP contribution in [0.1, 0.15) is 59.3 Å². The molecule has 1 aliphatic carbocycles. The Morgan fingerprint density at radius 2 is 2.06 bits per heavy atom. The predicted molar refractivity (Wildman–Crippen MR) is 78.6 cm³/mol. The summed E-state index contributed by atoms with van der Waals surface area (Å²) in [6.45, 7) is 10.6. The van der Waals surface area contributed by atoms with Crippen LogP contribution in [0.5, 0.6) is 0 Å². The Balaban J connectivity index is 2.11. The van der Waals surface area contributed by atoms with E-state index in [1.165, 1.54) is 51.6 Å². The molecule has 2 fully saturated rings. The van der Waals surface area contributed by atoms with Gasteiger partial charge in [0.15, 0.2) is 0 Å². The summed E-state index contributed by atoms with van der Waals surface area (Å²) in [6, 6.07) is 0. The average Bonchev–Trinajstić information content (AvgIpc) is 2.39. The zero-order valence-electron chi connectivity index (χ0n) is 12.6. The monoisotopic (exact) mass is 252 g/mol. The lowest BCUT2D eigenvalue weighted by Gasteiger charge is -2.53. The Morgan fingerprint density at radius 3 is 2.67 bits per heavy atom. The van der Waals surface area contributed by atoms with Crippen LogP contribution < -0.4 is 5.73 Å². The standard InChI is InChI=1S/C16H32N2/c1-4-15-6-5-9-18(11-15)16(12-17)8-7-13(2)10-14(16)3/h13-15H,4-12,17H2,1-3H3. The summed E-state index contributed by atoms with van der Waals surface area (Å²) >= 11 is 0. The van der Waals surface area contributed by atoms with Crippen LogP contribution in [0, 0.1) is 17.8 Å². The lowest BCUT2D eigenvalue weighted by atomic mass is 9.68. The molecule has 0 aromatic carbocycles. The molecule has 4 atom stereocenters. The van der Waals surface area contributed by atoms with E-state index in [0.29, 0.717) is 5.54 Å². The van der Waals surface area contributed by atoms with E-state index >= 15 is 0 Å². The summed E-state index contributed by atoms with van der Waals surface area (Å²) in [5, 5.41) is 0. The van der Waals surface area contributed by atoms with Gasteiger partial charge in [0.05, 0.1) is 0 Å². The van der Waals surface area contributed by atoms with Gasteiger partial charge in [0.1, 0.15) is 0 Å². The van der Waals surface area contributed by atoms with Crippen molar-refractivity contribution in [3.8, 4) is 0 Å². The molecule has 2 rings (SSSR count). The zero-order chi connectivity index (χ0) is 13.2. The Labute approximate surface area is 113 Å². The Morgan fingerprint density at radius 1 is 1.28 bits per heavy atom. The highest BCUT2D eigenvalue weighted by Gasteiger charge is 2.44. The first kappa shape index (κ1) is 14.3. The smallest absolute Gasteiger partial charge is 0.0357 e. The van der Waals surface area contributed by atoms with E-state index < -0.39 is 0 Å². The highest BCUT2D eigenvalue weighted by atomic mass is 15.2. The van der Waals surface area contributed by atoms with Gasteiger partial charge in [-0.25, -0.2) is 0 Å². The summed E-state index contributed by atoms with van der Waals surface area (Å²) in [5.41, 5.74) is 6.57. The van der Waals surface area contributed by atoms with Crippen molar-refractivity contribution >= 4 is 0 Å². The van der Waals surface area contributed by atoms with Gasteiger partial charge in [-0.05, 0) is 56.4 Å². The predicted octanol–water partition coefficient (Wildman–Crippen LogP) is 3.26. The fourth-order valence-corrected chi connectivity index (χ4v) is 4.39. The lowest BCUT2D eigenvalue weighted by molar-refractivity contribution is -0.0259. The Bertz CT molecular complexity index is 266. The molecular formula is C16H32N2. The molecule has 1 aliphatic heterocycles. The van der Waals surface area contributed by atoms with Gasteiger partial charge in [-0.1, -0.05) is 27.2 Å². The van der Waals surface area contributed by atoms with Gasteiger partial charge in [0, 0.05) is 18.6 Å². The third-order valence-electron chi connectivity index (χ3n) is 5.82. The molecule has 4 unspecified atom stereocenters. The molecule has 0 aromatic heterocycles. The normalized spacial score (nSPS) is 43.0. The van der Waals surface area contributed by atoms with Gasteiger partial charge in [0.2, 0.25) is 0 Å². The van der Waals surface area contributed by atoms with Crippen molar-refractivity contribution in [2.24, 2.45) is 23.5 Å². The molecule has 0 radical (unpaired) electrons. The molecule has 0 spiro atoms. The van der Waals surface area contributed by atoms with Crippen molar-refractivity contribution in [3.63, 3.8) is 0 Å². The summed E-state index contributed by atoms with van der Waals surface area (Å²) in [5.74, 6) is 2.57. The van der Waals surface area contributed by atoms with Gasteiger partial charge in [-0.2, -0.15) is 0 Å². The van der Waals surface area contributed by atoms with Crippen molar-refractivity contribution in [1.29, 1.82) is 0 Å². The number of piperidine rings is 1. The number of hydrogen-bond acceptors (Lipinski definition) is 2. The van der Waals surface area contributed by atoms with E-state index in [9.17, 15) is 0 Å². The fraction of sp³-hybridized carbons (Fsp3) is 1.00. The minimum absolute atomic E-state index is 0.320. The molecule has 0 aromatic rings. The van der Waals surface area contributed by atoms with Crippen LogP contribution in [-0.2, 0) is 0 Å². The van der Waals surface area contributed by atoms with Crippen molar-refractivity contribution < 1.29 is 0 Å². The van der Waals surface area contributed by atoms with E-state index in [-0.39, 0.29) is 0 Å². The quantitative estimate of drug-likeness (QED) is 0.835. The van der Waals surface area contributed by atoms with E-state index in [0.717, 1.165) is 24.3 Å². The summed E-state index contributed by atoms with van der Waals surface area (Å²) in [7, 11) is 0. The first-order valence-electron chi connectivity index (χ1n) is 8.07. The number of likely N-dealkylation sites (tertiary alicyclic amines) is 1. The average molecular weight is 252 g/mol. The largest absolute Gasteiger partial charge is 0.329 e. The van der Waals surface area contributed by atoms with Gasteiger partial charge in [-0.3, -0.25) is 4.90 Å². The van der Waals surface area contributed by atoms with E-state index in [1.54, 1.807) is 0 Å². The molecular weight excluding hydrogens is 220 g/mol. The number of hydrogen-bond donors (Lipinski definition) is 1. The second-order valence-electron chi connectivity index (χ2n) is 6.95. The SMILES string of the molecule is CCC1CCCN(C2(CN)CCC(C)CC2C)C1. The van der Waals surface area contributed by atoms with E-state index in [4.69, 9.17) is 5.73 Å². The van der Waals surface area contributed by atoms with Gasteiger partial charge in [0.25, 0.3) is 0 Å². The molecule has 1 saturated carbocycles. The Hall–Kier alpha value is -0.0800. The Kier molecular flexibility index (Phi) is 4.71. The third-order valence-corrected chi connectivity index (χ3v) is 5.82. The number of nitrogens with zero attached hydrogens (tertiary/aromatic N) is 1. The minimum atomic E-state index is 0.320. The fourth-order valence-electron chi connectivity index (χ4n) is 4.39. The topological polar surface area (TPSA) is 29.3 Å². The second kappa shape index (κ2) is 5.92. The molecule has 106 valence electrons. The highest BCUT2D eigenvalue weighted by molar-refractivity contribution is 5.00. The van der Waals surface area contributed by atoms with Crippen molar-refractivity contribution in [3.05, 3.63) is 0 Å². The number of rotatable bonds is 3. The molecule has 2 N–H and O–H groups in total. The minimum Gasteiger partial charge on any atom is -0.329 e. The van der Waals surface area contributed by atoms with Crippen molar-refractivity contribution in [1.82, 2.24) is 4.90 Å². The van der Waals surface area contributed by atoms with Crippen LogP contribution in [0.4, 0.5) is 0 Å². The first-order chi connectivity index (χ1) is 8.62. The van der Waals surface area contributed by atoms with Gasteiger partial charge in [-0.15, -0.1) is 0 Å². The summed E-state index contributed by atoms with van der Waals surface area (Å²) in [6.07, 6.45) is 8.20. The molecule has 0 amide bonds. The maximum atomic E-state index is 6.25. The van der Waals surface area contributed by atoms with Crippen molar-refractivity contribution in [2.45, 2.75) is 64.8 Å². The van der Waals surface area contributed by atoms with Crippen LogP contribution in [-0.4, -0.2) is 30.1 Å². The molecule has 2 nitrogen and oxygen atoms in total. The van der Waals surface area contributed by atoms with Gasteiger partial charge >= 0.3 is 0 Å². The van der Waals surface area contributed by atoms with Crippen LogP contribution in [0.2, 0.25) is 0 Å². The molecule has 2 aliphatic rings. The van der Waals surface area contributed by atoms with E-state index in [1.807, 2.05) is 0 Å². The summed E-state index contributed by atoms with van der Waals surface area (Å²) < 4.78 is 0. The highest BCUT2D eigenvalue weighted by Crippen LogP contribution is 2.42. The maximum Gasteiger partial charge on any atom is 0.0357 e. The molecule has 1 heterocycles. The van der Waals surface area contributed by atoms with Gasteiger partial charge < -0.3 is 5.73 Å². The zero-order valence-corrected chi connectivity index (χ0v) is 12.6.